The summed E-state index contributed by atoms with van der Waals surface area (Å²) in [6.45, 7) is 2.06. The third-order valence-corrected chi connectivity index (χ3v) is 3.87. The predicted molar refractivity (Wildman–Crippen MR) is 80.5 cm³/mol. The van der Waals surface area contributed by atoms with Crippen LogP contribution in [0, 0.1) is 0 Å². The number of rotatable bonds is 4. The van der Waals surface area contributed by atoms with Gasteiger partial charge in [0, 0.05) is 31.9 Å². The van der Waals surface area contributed by atoms with E-state index in [1.807, 2.05) is 0 Å². The first-order chi connectivity index (χ1) is 9.97. The molecule has 0 bridgehead atoms. The molecule has 0 unspecified atom stereocenters. The fourth-order valence-corrected chi connectivity index (χ4v) is 2.38. The van der Waals surface area contributed by atoms with Gasteiger partial charge in [0.2, 0.25) is 5.91 Å². The molecule has 1 saturated heterocycles. The van der Waals surface area contributed by atoms with Crippen LogP contribution in [-0.4, -0.2) is 54.6 Å². The lowest BCUT2D eigenvalue weighted by Gasteiger charge is -2.30. The van der Waals surface area contributed by atoms with Gasteiger partial charge in [-0.15, -0.1) is 0 Å². The SMILES string of the molecule is CN(C(=O)CN1CCC(N)CC1)c1ccc(C(=O)O)cc1. The van der Waals surface area contributed by atoms with Gasteiger partial charge in [0.25, 0.3) is 0 Å². The molecular weight excluding hydrogens is 270 g/mol. The molecule has 1 amide bonds. The second-order valence-corrected chi connectivity index (χ2v) is 5.42. The molecule has 1 aliphatic rings. The van der Waals surface area contributed by atoms with Crippen molar-refractivity contribution in [3.05, 3.63) is 29.8 Å². The van der Waals surface area contributed by atoms with Crippen LogP contribution in [0.4, 0.5) is 5.69 Å². The summed E-state index contributed by atoms with van der Waals surface area (Å²) >= 11 is 0. The zero-order valence-corrected chi connectivity index (χ0v) is 12.2. The van der Waals surface area contributed by atoms with Gasteiger partial charge in [0.15, 0.2) is 0 Å². The maximum atomic E-state index is 12.2. The molecule has 6 nitrogen and oxygen atoms in total. The van der Waals surface area contributed by atoms with Crippen LogP contribution in [0.2, 0.25) is 0 Å². The van der Waals surface area contributed by atoms with Crippen molar-refractivity contribution in [3.8, 4) is 0 Å². The number of aromatic carboxylic acids is 1. The Hall–Kier alpha value is -1.92. The van der Waals surface area contributed by atoms with Crippen molar-refractivity contribution in [1.29, 1.82) is 0 Å². The summed E-state index contributed by atoms with van der Waals surface area (Å²) in [5.41, 5.74) is 6.75. The first-order valence-electron chi connectivity index (χ1n) is 7.05. The van der Waals surface area contributed by atoms with Crippen LogP contribution in [0.15, 0.2) is 24.3 Å². The largest absolute Gasteiger partial charge is 0.478 e. The molecule has 3 N–H and O–H groups in total. The van der Waals surface area contributed by atoms with Crippen LogP contribution < -0.4 is 10.6 Å². The van der Waals surface area contributed by atoms with Crippen LogP contribution in [-0.2, 0) is 4.79 Å². The summed E-state index contributed by atoms with van der Waals surface area (Å²) in [7, 11) is 1.70. The van der Waals surface area contributed by atoms with Crippen molar-refractivity contribution in [1.82, 2.24) is 4.90 Å². The molecule has 0 saturated carbocycles. The molecule has 2 rings (SSSR count). The fraction of sp³-hybridized carbons (Fsp3) is 0.467. The lowest BCUT2D eigenvalue weighted by molar-refractivity contribution is -0.119. The van der Waals surface area contributed by atoms with E-state index < -0.39 is 5.97 Å². The van der Waals surface area contributed by atoms with Gasteiger partial charge in [-0.05, 0) is 37.1 Å². The number of piperidine rings is 1. The van der Waals surface area contributed by atoms with Crippen molar-refractivity contribution in [3.63, 3.8) is 0 Å². The van der Waals surface area contributed by atoms with Gasteiger partial charge in [-0.3, -0.25) is 9.69 Å². The maximum Gasteiger partial charge on any atom is 0.335 e. The van der Waals surface area contributed by atoms with Crippen LogP contribution in [0.5, 0.6) is 0 Å². The van der Waals surface area contributed by atoms with Crippen molar-refractivity contribution in [2.24, 2.45) is 5.73 Å². The summed E-state index contributed by atoms with van der Waals surface area (Å²) in [5.74, 6) is -0.978. The predicted octanol–water partition coefficient (Wildman–Crippen LogP) is 0.771. The molecule has 1 fully saturated rings. The molecule has 6 heteroatoms. The second-order valence-electron chi connectivity index (χ2n) is 5.42. The lowest BCUT2D eigenvalue weighted by atomic mass is 10.1. The van der Waals surface area contributed by atoms with Gasteiger partial charge in [0.05, 0.1) is 12.1 Å². The van der Waals surface area contributed by atoms with E-state index >= 15 is 0 Å². The number of carbonyl (C=O) groups excluding carboxylic acids is 1. The van der Waals surface area contributed by atoms with Gasteiger partial charge in [0.1, 0.15) is 0 Å². The number of carbonyl (C=O) groups is 2. The minimum Gasteiger partial charge on any atom is -0.478 e. The van der Waals surface area contributed by atoms with Crippen molar-refractivity contribution < 1.29 is 14.7 Å². The summed E-state index contributed by atoms with van der Waals surface area (Å²) < 4.78 is 0. The third kappa shape index (κ3) is 4.03. The summed E-state index contributed by atoms with van der Waals surface area (Å²) in [6.07, 6.45) is 1.84. The lowest BCUT2D eigenvalue weighted by Crippen LogP contribution is -2.45. The fourth-order valence-electron chi connectivity index (χ4n) is 2.38. The average Bonchev–Trinajstić information content (AvgIpc) is 2.49. The van der Waals surface area contributed by atoms with Crippen LogP contribution in [0.25, 0.3) is 0 Å². The molecule has 0 radical (unpaired) electrons. The monoisotopic (exact) mass is 291 g/mol. The number of likely N-dealkylation sites (tertiary alicyclic amines) is 1. The Balaban J connectivity index is 1.94. The number of carboxylic acid groups (broad SMARTS) is 1. The standard InChI is InChI=1S/C15H21N3O3/c1-17(13-4-2-11(3-5-13)15(20)21)14(19)10-18-8-6-12(16)7-9-18/h2-5,12H,6-10,16H2,1H3,(H,20,21). The first kappa shape index (κ1) is 15.5. The second kappa shape index (κ2) is 6.69. The quantitative estimate of drug-likeness (QED) is 0.855. The third-order valence-electron chi connectivity index (χ3n) is 3.87. The van der Waals surface area contributed by atoms with Crippen molar-refractivity contribution in [2.75, 3.05) is 31.6 Å². The van der Waals surface area contributed by atoms with E-state index in [9.17, 15) is 9.59 Å². The number of benzene rings is 1. The van der Waals surface area contributed by atoms with Crippen LogP contribution in [0.1, 0.15) is 23.2 Å². The van der Waals surface area contributed by atoms with Gasteiger partial charge >= 0.3 is 5.97 Å². The molecular formula is C15H21N3O3. The Morgan fingerprint density at radius 1 is 1.29 bits per heavy atom. The molecule has 0 aromatic heterocycles. The molecule has 1 aromatic rings. The van der Waals surface area contributed by atoms with Gasteiger partial charge in [-0.1, -0.05) is 0 Å². The molecule has 1 aliphatic heterocycles. The van der Waals surface area contributed by atoms with Crippen molar-refractivity contribution in [2.45, 2.75) is 18.9 Å². The Labute approximate surface area is 124 Å². The molecule has 21 heavy (non-hydrogen) atoms. The molecule has 1 heterocycles. The number of carboxylic acids is 1. The Bertz CT molecular complexity index is 507. The van der Waals surface area contributed by atoms with Crippen LogP contribution >= 0.6 is 0 Å². The number of hydrogen-bond acceptors (Lipinski definition) is 4. The van der Waals surface area contributed by atoms with E-state index in [4.69, 9.17) is 10.8 Å². The minimum absolute atomic E-state index is 0.00598. The number of likely N-dealkylation sites (N-methyl/N-ethyl adjacent to an activating group) is 1. The zero-order chi connectivity index (χ0) is 15.4. The zero-order valence-electron chi connectivity index (χ0n) is 12.2. The molecule has 114 valence electrons. The summed E-state index contributed by atoms with van der Waals surface area (Å²) in [6, 6.07) is 6.54. The van der Waals surface area contributed by atoms with E-state index in [0.717, 1.165) is 25.9 Å². The van der Waals surface area contributed by atoms with Gasteiger partial charge in [-0.25, -0.2) is 4.79 Å². The summed E-state index contributed by atoms with van der Waals surface area (Å²) in [5, 5.41) is 8.86. The first-order valence-corrected chi connectivity index (χ1v) is 7.05. The highest BCUT2D eigenvalue weighted by Crippen LogP contribution is 2.15. The maximum absolute atomic E-state index is 12.2. The topological polar surface area (TPSA) is 86.9 Å². The van der Waals surface area contributed by atoms with Crippen molar-refractivity contribution >= 4 is 17.6 Å². The van der Waals surface area contributed by atoms with E-state index in [1.54, 1.807) is 24.1 Å². The molecule has 0 atom stereocenters. The summed E-state index contributed by atoms with van der Waals surface area (Å²) in [4.78, 5) is 26.7. The minimum atomic E-state index is -0.972. The van der Waals surface area contributed by atoms with Crippen LogP contribution in [0.3, 0.4) is 0 Å². The number of amides is 1. The Morgan fingerprint density at radius 3 is 2.38 bits per heavy atom. The average molecular weight is 291 g/mol. The highest BCUT2D eigenvalue weighted by Gasteiger charge is 2.20. The van der Waals surface area contributed by atoms with E-state index in [1.165, 1.54) is 12.1 Å². The highest BCUT2D eigenvalue weighted by atomic mass is 16.4. The van der Waals surface area contributed by atoms with E-state index in [-0.39, 0.29) is 17.5 Å². The number of nitrogens with two attached hydrogens (primary N) is 1. The molecule has 0 aliphatic carbocycles. The smallest absolute Gasteiger partial charge is 0.335 e. The number of hydrogen-bond donors (Lipinski definition) is 2. The molecule has 1 aromatic carbocycles. The normalized spacial score (nSPS) is 16.7. The van der Waals surface area contributed by atoms with E-state index in [2.05, 4.69) is 4.90 Å². The molecule has 0 spiro atoms. The number of anilines is 1. The van der Waals surface area contributed by atoms with Gasteiger partial charge < -0.3 is 15.7 Å². The Kier molecular flexibility index (Phi) is 4.93. The van der Waals surface area contributed by atoms with Gasteiger partial charge in [-0.2, -0.15) is 0 Å². The van der Waals surface area contributed by atoms with E-state index in [0.29, 0.717) is 12.2 Å². The number of nitrogens with zero attached hydrogens (tertiary/aromatic N) is 2. The highest BCUT2D eigenvalue weighted by molar-refractivity contribution is 5.95. The Morgan fingerprint density at radius 2 is 1.86 bits per heavy atom.